The minimum Gasteiger partial charge on any atom is -0.477 e. The van der Waals surface area contributed by atoms with Gasteiger partial charge in [0, 0.05) is 10.6 Å². The van der Waals surface area contributed by atoms with Gasteiger partial charge in [-0.25, -0.2) is 0 Å². The lowest BCUT2D eigenvalue weighted by Gasteiger charge is -2.13. The number of nitrogen functional groups attached to an aromatic ring is 1. The minimum atomic E-state index is 0.0231. The number of aromatic nitrogens is 1. The van der Waals surface area contributed by atoms with Crippen molar-refractivity contribution in [3.05, 3.63) is 40.4 Å². The highest BCUT2D eigenvalue weighted by molar-refractivity contribution is 6.30. The second-order valence-corrected chi connectivity index (χ2v) is 4.53. The van der Waals surface area contributed by atoms with E-state index in [4.69, 9.17) is 22.1 Å². The summed E-state index contributed by atoms with van der Waals surface area (Å²) in [7, 11) is 0. The smallest absolute Gasteiger partial charge is 0.234 e. The molecule has 0 saturated heterocycles. The summed E-state index contributed by atoms with van der Waals surface area (Å²) in [5, 5.41) is 19.2. The average Bonchev–Trinajstić information content (AvgIpc) is 2.47. The van der Waals surface area contributed by atoms with Gasteiger partial charge < -0.3 is 10.5 Å². The average molecular weight is 299 g/mol. The molecular formula is C15H11ClN4O. The van der Waals surface area contributed by atoms with Crippen molar-refractivity contribution in [2.75, 3.05) is 12.3 Å². The van der Waals surface area contributed by atoms with Crippen molar-refractivity contribution in [2.45, 2.75) is 6.92 Å². The van der Waals surface area contributed by atoms with E-state index in [1.165, 1.54) is 0 Å². The number of rotatable bonds is 3. The van der Waals surface area contributed by atoms with E-state index >= 15 is 0 Å². The number of anilines is 1. The molecule has 0 atom stereocenters. The summed E-state index contributed by atoms with van der Waals surface area (Å²) in [6, 6.07) is 10.9. The maximum Gasteiger partial charge on any atom is 0.234 e. The van der Waals surface area contributed by atoms with Crippen molar-refractivity contribution < 1.29 is 4.74 Å². The van der Waals surface area contributed by atoms with Crippen LogP contribution in [0.4, 0.5) is 5.82 Å². The van der Waals surface area contributed by atoms with Crippen molar-refractivity contribution in [2.24, 2.45) is 0 Å². The molecule has 1 heterocycles. The van der Waals surface area contributed by atoms with E-state index in [0.29, 0.717) is 22.8 Å². The highest BCUT2D eigenvalue weighted by atomic mass is 35.5. The fourth-order valence-corrected chi connectivity index (χ4v) is 2.16. The molecule has 0 saturated carbocycles. The Bertz CT molecular complexity index is 774. The van der Waals surface area contributed by atoms with Gasteiger partial charge in [0.05, 0.1) is 6.61 Å². The van der Waals surface area contributed by atoms with Crippen LogP contribution in [0.5, 0.6) is 5.88 Å². The number of nitriles is 2. The van der Waals surface area contributed by atoms with Crippen LogP contribution >= 0.6 is 11.6 Å². The van der Waals surface area contributed by atoms with E-state index in [1.54, 1.807) is 31.2 Å². The second kappa shape index (κ2) is 6.13. The summed E-state index contributed by atoms with van der Waals surface area (Å²) in [4.78, 5) is 3.99. The molecule has 0 fully saturated rings. The molecule has 0 aliphatic heterocycles. The van der Waals surface area contributed by atoms with Crippen LogP contribution in [0.1, 0.15) is 18.1 Å². The third-order valence-electron chi connectivity index (χ3n) is 2.81. The highest BCUT2D eigenvalue weighted by Gasteiger charge is 2.21. The molecule has 0 unspecified atom stereocenters. The zero-order valence-corrected chi connectivity index (χ0v) is 12.0. The van der Waals surface area contributed by atoms with E-state index in [-0.39, 0.29) is 22.8 Å². The zero-order chi connectivity index (χ0) is 15.4. The van der Waals surface area contributed by atoms with E-state index in [2.05, 4.69) is 4.98 Å². The van der Waals surface area contributed by atoms with Crippen LogP contribution in [0.15, 0.2) is 24.3 Å². The Morgan fingerprint density at radius 3 is 2.57 bits per heavy atom. The first-order valence-electron chi connectivity index (χ1n) is 6.14. The normalized spacial score (nSPS) is 9.71. The van der Waals surface area contributed by atoms with Crippen LogP contribution in [0, 0.1) is 22.7 Å². The first kappa shape index (κ1) is 14.6. The molecule has 5 nitrogen and oxygen atoms in total. The van der Waals surface area contributed by atoms with Crippen LogP contribution in [0.25, 0.3) is 11.1 Å². The Hall–Kier alpha value is -2.76. The summed E-state index contributed by atoms with van der Waals surface area (Å²) in [5.74, 6) is 0.140. The quantitative estimate of drug-likeness (QED) is 0.939. The number of hydrogen-bond acceptors (Lipinski definition) is 5. The van der Waals surface area contributed by atoms with Gasteiger partial charge >= 0.3 is 0 Å². The Balaban J connectivity index is 2.85. The molecule has 104 valence electrons. The predicted octanol–water partition coefficient (Wildman–Crippen LogP) is 3.13. The monoisotopic (exact) mass is 298 g/mol. The molecule has 1 aromatic carbocycles. The third-order valence-corrected chi connectivity index (χ3v) is 3.05. The van der Waals surface area contributed by atoms with Gasteiger partial charge in [-0.05, 0) is 24.6 Å². The van der Waals surface area contributed by atoms with Crippen molar-refractivity contribution in [3.63, 3.8) is 0 Å². The van der Waals surface area contributed by atoms with Gasteiger partial charge in [-0.3, -0.25) is 0 Å². The number of nitrogens with zero attached hydrogens (tertiary/aromatic N) is 3. The lowest BCUT2D eigenvalue weighted by Crippen LogP contribution is -2.05. The van der Waals surface area contributed by atoms with E-state index < -0.39 is 0 Å². The Morgan fingerprint density at radius 1 is 1.29 bits per heavy atom. The topological polar surface area (TPSA) is 95.7 Å². The lowest BCUT2D eigenvalue weighted by atomic mass is 9.96. The van der Waals surface area contributed by atoms with Crippen molar-refractivity contribution >= 4 is 17.4 Å². The molecule has 1 aromatic heterocycles. The largest absolute Gasteiger partial charge is 0.477 e. The maximum absolute atomic E-state index is 9.41. The van der Waals surface area contributed by atoms with Crippen molar-refractivity contribution in [3.8, 4) is 29.1 Å². The lowest BCUT2D eigenvalue weighted by molar-refractivity contribution is 0.326. The summed E-state index contributed by atoms with van der Waals surface area (Å²) in [6.07, 6.45) is 0. The van der Waals surface area contributed by atoms with Gasteiger partial charge in [0.1, 0.15) is 29.1 Å². The SMILES string of the molecule is CCOc1nc(N)c(C#N)c(-c2cccc(Cl)c2)c1C#N. The zero-order valence-electron chi connectivity index (χ0n) is 11.2. The van der Waals surface area contributed by atoms with Gasteiger partial charge in [-0.2, -0.15) is 15.5 Å². The predicted molar refractivity (Wildman–Crippen MR) is 79.7 cm³/mol. The number of benzene rings is 1. The fraction of sp³-hybridized carbons (Fsp3) is 0.133. The van der Waals surface area contributed by atoms with E-state index in [0.717, 1.165) is 0 Å². The third kappa shape index (κ3) is 2.74. The molecule has 0 aliphatic carbocycles. The molecular weight excluding hydrogens is 288 g/mol. The number of hydrogen-bond donors (Lipinski definition) is 1. The Kier molecular flexibility index (Phi) is 4.27. The molecule has 2 N–H and O–H groups in total. The highest BCUT2D eigenvalue weighted by Crippen LogP contribution is 2.35. The molecule has 0 aliphatic rings. The molecule has 0 radical (unpaired) electrons. The van der Waals surface area contributed by atoms with Crippen molar-refractivity contribution in [1.29, 1.82) is 10.5 Å². The maximum atomic E-state index is 9.41. The summed E-state index contributed by atoms with van der Waals surface area (Å²) >= 11 is 5.98. The van der Waals surface area contributed by atoms with Crippen LogP contribution in [0.2, 0.25) is 5.02 Å². The van der Waals surface area contributed by atoms with E-state index in [1.807, 2.05) is 12.1 Å². The molecule has 21 heavy (non-hydrogen) atoms. The molecule has 6 heteroatoms. The van der Waals surface area contributed by atoms with Gasteiger partial charge in [0.2, 0.25) is 5.88 Å². The van der Waals surface area contributed by atoms with Gasteiger partial charge in [0.25, 0.3) is 0 Å². The number of pyridine rings is 1. The first-order chi connectivity index (χ1) is 10.1. The van der Waals surface area contributed by atoms with Gasteiger partial charge in [-0.1, -0.05) is 23.7 Å². The number of halogens is 1. The first-order valence-corrected chi connectivity index (χ1v) is 6.52. The molecule has 2 aromatic rings. The van der Waals surface area contributed by atoms with Gasteiger partial charge in [0.15, 0.2) is 0 Å². The van der Waals surface area contributed by atoms with Gasteiger partial charge in [-0.15, -0.1) is 0 Å². The second-order valence-electron chi connectivity index (χ2n) is 4.09. The number of ether oxygens (including phenoxy) is 1. The summed E-state index contributed by atoms with van der Waals surface area (Å²) < 4.78 is 5.34. The van der Waals surface area contributed by atoms with Crippen molar-refractivity contribution in [1.82, 2.24) is 4.98 Å². The van der Waals surface area contributed by atoms with Crippen LogP contribution in [-0.2, 0) is 0 Å². The summed E-state index contributed by atoms with van der Waals surface area (Å²) in [6.45, 7) is 2.11. The number of nitrogens with two attached hydrogens (primary N) is 1. The van der Waals surface area contributed by atoms with Crippen LogP contribution < -0.4 is 10.5 Å². The minimum absolute atomic E-state index is 0.0231. The Labute approximate surface area is 127 Å². The van der Waals surface area contributed by atoms with E-state index in [9.17, 15) is 10.5 Å². The fourth-order valence-electron chi connectivity index (χ4n) is 1.97. The standard InChI is InChI=1S/C15H11ClN4O/c1-2-21-15-12(8-18)13(11(7-17)14(19)20-15)9-4-3-5-10(16)6-9/h3-6H,2H2,1H3,(H2,19,20). The summed E-state index contributed by atoms with van der Waals surface area (Å²) in [5.41, 5.74) is 7.12. The van der Waals surface area contributed by atoms with Crippen LogP contribution in [0.3, 0.4) is 0 Å². The Morgan fingerprint density at radius 2 is 2.00 bits per heavy atom. The molecule has 0 amide bonds. The van der Waals surface area contributed by atoms with Crippen LogP contribution in [-0.4, -0.2) is 11.6 Å². The molecule has 2 rings (SSSR count). The molecule has 0 bridgehead atoms. The molecule has 0 spiro atoms.